The van der Waals surface area contributed by atoms with Gasteiger partial charge in [0, 0.05) is 23.6 Å². The van der Waals surface area contributed by atoms with E-state index in [1.807, 2.05) is 24.3 Å². The molecule has 0 aliphatic heterocycles. The van der Waals surface area contributed by atoms with Gasteiger partial charge in [0.05, 0.1) is 12.1 Å². The number of amides is 2. The zero-order valence-corrected chi connectivity index (χ0v) is 17.9. The minimum absolute atomic E-state index is 0.00140. The monoisotopic (exact) mass is 446 g/mol. The summed E-state index contributed by atoms with van der Waals surface area (Å²) in [6.07, 6.45) is 3.19. The van der Waals surface area contributed by atoms with Crippen molar-refractivity contribution < 1.29 is 23.5 Å². The number of hydrogen-bond acceptors (Lipinski definition) is 4. The second-order valence-corrected chi connectivity index (χ2v) is 8.81. The Morgan fingerprint density at radius 1 is 1.03 bits per heavy atom. The molecular formula is C23H24ClFN2O4. The fourth-order valence-corrected chi connectivity index (χ4v) is 4.66. The summed E-state index contributed by atoms with van der Waals surface area (Å²) in [4.78, 5) is 24.5. The van der Waals surface area contributed by atoms with Crippen molar-refractivity contribution >= 4 is 23.4 Å². The lowest BCUT2D eigenvalue weighted by molar-refractivity contribution is -0.150. The van der Waals surface area contributed by atoms with Crippen molar-refractivity contribution in [3.05, 3.63) is 58.9 Å². The van der Waals surface area contributed by atoms with Crippen LogP contribution in [0.4, 0.5) is 4.39 Å². The molecule has 2 N–H and O–H groups in total. The molecule has 6 nitrogen and oxygen atoms in total. The molecule has 0 spiro atoms. The Hall–Kier alpha value is -2.80. The molecule has 8 heteroatoms. The summed E-state index contributed by atoms with van der Waals surface area (Å²) >= 11 is 5.63. The van der Waals surface area contributed by atoms with Gasteiger partial charge in [0.2, 0.25) is 5.91 Å². The smallest absolute Gasteiger partial charge is 0.258 e. The van der Waals surface area contributed by atoms with Gasteiger partial charge in [-0.1, -0.05) is 23.7 Å². The quantitative estimate of drug-likeness (QED) is 0.619. The van der Waals surface area contributed by atoms with Crippen molar-refractivity contribution in [2.45, 2.75) is 43.2 Å². The highest BCUT2D eigenvalue weighted by atomic mass is 35.5. The Morgan fingerprint density at radius 3 is 2.42 bits per heavy atom. The zero-order chi connectivity index (χ0) is 22.1. The second kappa shape index (κ2) is 8.38. The number of nitrogens with one attached hydrogen (secondary N) is 2. The van der Waals surface area contributed by atoms with Crippen LogP contribution in [0.15, 0.2) is 42.5 Å². The maximum atomic E-state index is 13.4. The summed E-state index contributed by atoms with van der Waals surface area (Å²) in [6, 6.07) is 11.7. The lowest BCUT2D eigenvalue weighted by Gasteiger charge is -2.70. The van der Waals surface area contributed by atoms with E-state index in [0.717, 1.165) is 17.4 Å². The van der Waals surface area contributed by atoms with Crippen molar-refractivity contribution in [2.24, 2.45) is 0 Å². The first-order chi connectivity index (χ1) is 14.8. The van der Waals surface area contributed by atoms with Gasteiger partial charge in [-0.25, -0.2) is 4.39 Å². The molecule has 164 valence electrons. The normalized spacial score (nSPS) is 23.2. The van der Waals surface area contributed by atoms with Gasteiger partial charge in [-0.2, -0.15) is 0 Å². The molecule has 2 aromatic rings. The van der Waals surface area contributed by atoms with Crippen molar-refractivity contribution in [2.75, 3.05) is 13.7 Å². The topological polar surface area (TPSA) is 76.7 Å². The van der Waals surface area contributed by atoms with Gasteiger partial charge in [-0.05, 0) is 55.5 Å². The van der Waals surface area contributed by atoms with E-state index in [1.165, 1.54) is 12.1 Å². The molecule has 2 bridgehead atoms. The largest absolute Gasteiger partial charge is 0.497 e. The van der Waals surface area contributed by atoms with Crippen molar-refractivity contribution in [3.8, 4) is 11.5 Å². The summed E-state index contributed by atoms with van der Waals surface area (Å²) in [5.41, 5.74) is 0.571. The number of halogens is 2. The number of carbonyl (C=O) groups is 2. The fraction of sp³-hybridized carbons (Fsp3) is 0.391. The van der Waals surface area contributed by atoms with Crippen LogP contribution in [0.3, 0.4) is 0 Å². The molecule has 5 rings (SSSR count). The Bertz CT molecular complexity index is 993. The van der Waals surface area contributed by atoms with Crippen LogP contribution < -0.4 is 20.1 Å². The van der Waals surface area contributed by atoms with Crippen LogP contribution in [0.2, 0.25) is 5.02 Å². The van der Waals surface area contributed by atoms with Crippen molar-refractivity contribution in [1.82, 2.24) is 10.6 Å². The van der Waals surface area contributed by atoms with E-state index in [1.54, 1.807) is 7.11 Å². The second-order valence-electron chi connectivity index (χ2n) is 8.40. The highest BCUT2D eigenvalue weighted by Crippen LogP contribution is 2.60. The van der Waals surface area contributed by atoms with Crippen LogP contribution in [0, 0.1) is 5.82 Å². The number of carbonyl (C=O) groups excluding carboxylic acids is 2. The van der Waals surface area contributed by atoms with Gasteiger partial charge in [0.25, 0.3) is 5.91 Å². The summed E-state index contributed by atoms with van der Waals surface area (Å²) in [7, 11) is 1.62. The van der Waals surface area contributed by atoms with Gasteiger partial charge < -0.3 is 20.1 Å². The third kappa shape index (κ3) is 4.77. The van der Waals surface area contributed by atoms with Gasteiger partial charge in [0.1, 0.15) is 17.3 Å². The Kier molecular flexibility index (Phi) is 5.79. The molecule has 0 atom stereocenters. The number of benzene rings is 2. The number of rotatable bonds is 9. The molecule has 2 aromatic carbocycles. The minimum Gasteiger partial charge on any atom is -0.497 e. The van der Waals surface area contributed by atoms with Gasteiger partial charge in [-0.15, -0.1) is 0 Å². The van der Waals surface area contributed by atoms with Gasteiger partial charge >= 0.3 is 0 Å². The fourth-order valence-electron chi connectivity index (χ4n) is 4.54. The predicted octanol–water partition coefficient (Wildman–Crippen LogP) is 3.41. The number of aryl methyl sites for hydroxylation is 1. The zero-order valence-electron chi connectivity index (χ0n) is 17.2. The molecule has 3 fully saturated rings. The summed E-state index contributed by atoms with van der Waals surface area (Å²) in [6.45, 7) is -0.206. The first-order valence-corrected chi connectivity index (χ1v) is 10.5. The molecule has 31 heavy (non-hydrogen) atoms. The Labute approximate surface area is 185 Å². The maximum absolute atomic E-state index is 13.4. The molecule has 3 saturated carbocycles. The van der Waals surface area contributed by atoms with E-state index in [4.69, 9.17) is 21.1 Å². The molecule has 0 aromatic heterocycles. The minimum atomic E-state index is -0.594. The highest BCUT2D eigenvalue weighted by Gasteiger charge is 2.69. The number of ether oxygens (including phenoxy) is 2. The van der Waals surface area contributed by atoms with Crippen LogP contribution in [-0.2, 0) is 16.0 Å². The maximum Gasteiger partial charge on any atom is 0.258 e. The summed E-state index contributed by atoms with van der Waals surface area (Å²) in [5, 5.41) is 6.09. The summed E-state index contributed by atoms with van der Waals surface area (Å²) in [5.74, 6) is 0.168. The molecule has 0 saturated heterocycles. The molecule has 0 unspecified atom stereocenters. The molecule has 3 aliphatic rings. The van der Waals surface area contributed by atoms with E-state index in [9.17, 15) is 14.0 Å². The van der Waals surface area contributed by atoms with Crippen molar-refractivity contribution in [3.63, 3.8) is 0 Å². The third-order valence-electron chi connectivity index (χ3n) is 5.88. The summed E-state index contributed by atoms with van der Waals surface area (Å²) < 4.78 is 24.0. The standard InChI is InChI=1S/C23H24ClFN2O4/c1-30-16-4-2-3-15(9-16)5-8-20(28)26-22-12-23(13-22,14-22)27-21(29)11-31-17-6-7-18(24)19(25)10-17/h2-4,6-7,9-10H,5,8,11-14H2,1H3,(H,26,28)(H,27,29). The van der Waals surface area contributed by atoms with Crippen LogP contribution in [-0.4, -0.2) is 36.6 Å². The van der Waals surface area contributed by atoms with E-state index >= 15 is 0 Å². The van der Waals surface area contributed by atoms with Gasteiger partial charge in [-0.3, -0.25) is 9.59 Å². The molecule has 0 radical (unpaired) electrons. The van der Waals surface area contributed by atoms with Crippen LogP contribution in [0.25, 0.3) is 0 Å². The lowest BCUT2D eigenvalue weighted by Crippen LogP contribution is -2.84. The number of hydrogen-bond donors (Lipinski definition) is 2. The van der Waals surface area contributed by atoms with E-state index in [0.29, 0.717) is 32.1 Å². The predicted molar refractivity (Wildman–Crippen MR) is 114 cm³/mol. The Morgan fingerprint density at radius 2 is 1.74 bits per heavy atom. The Balaban J connectivity index is 1.17. The van der Waals surface area contributed by atoms with Crippen molar-refractivity contribution in [1.29, 1.82) is 0 Å². The SMILES string of the molecule is COc1cccc(CCC(=O)NC23CC(NC(=O)COc4ccc(Cl)c(F)c4)(C2)C3)c1. The molecule has 2 amide bonds. The first-order valence-electron chi connectivity index (χ1n) is 10.1. The van der Waals surface area contributed by atoms with E-state index < -0.39 is 5.82 Å². The lowest BCUT2D eigenvalue weighted by atomic mass is 9.44. The van der Waals surface area contributed by atoms with Crippen LogP contribution in [0.5, 0.6) is 11.5 Å². The molecule has 0 heterocycles. The highest BCUT2D eigenvalue weighted by molar-refractivity contribution is 6.30. The molecule has 3 aliphatic carbocycles. The van der Waals surface area contributed by atoms with E-state index in [2.05, 4.69) is 10.6 Å². The first kappa shape index (κ1) is 21.4. The van der Waals surface area contributed by atoms with Crippen LogP contribution in [0.1, 0.15) is 31.2 Å². The van der Waals surface area contributed by atoms with E-state index in [-0.39, 0.29) is 40.3 Å². The number of methoxy groups -OCH3 is 1. The van der Waals surface area contributed by atoms with Gasteiger partial charge in [0.15, 0.2) is 6.61 Å². The third-order valence-corrected chi connectivity index (χ3v) is 6.18. The average molecular weight is 447 g/mol. The average Bonchev–Trinajstić information content (AvgIpc) is 2.71. The van der Waals surface area contributed by atoms with Crippen LogP contribution >= 0.6 is 11.6 Å². The molecular weight excluding hydrogens is 423 g/mol.